The highest BCUT2D eigenvalue weighted by atomic mass is 16.5. The lowest BCUT2D eigenvalue weighted by Gasteiger charge is -2.36. The second-order valence-electron chi connectivity index (χ2n) is 8.40. The Bertz CT molecular complexity index is 559. The van der Waals surface area contributed by atoms with Gasteiger partial charge in [-0.25, -0.2) is 0 Å². The average molecular weight is 345 g/mol. The summed E-state index contributed by atoms with van der Waals surface area (Å²) in [5.74, 6) is 0.345. The first-order valence-electron chi connectivity index (χ1n) is 9.38. The van der Waals surface area contributed by atoms with Crippen LogP contribution >= 0.6 is 0 Å². The molecule has 0 aliphatic heterocycles. The van der Waals surface area contributed by atoms with Crippen molar-refractivity contribution in [2.75, 3.05) is 6.61 Å². The summed E-state index contributed by atoms with van der Waals surface area (Å²) in [6.45, 7) is 16.9. The molecule has 1 rings (SSSR count). The van der Waals surface area contributed by atoms with Crippen LogP contribution in [0.3, 0.4) is 0 Å². The molecule has 1 aliphatic carbocycles. The van der Waals surface area contributed by atoms with E-state index in [-0.39, 0.29) is 17.8 Å². The van der Waals surface area contributed by atoms with Crippen LogP contribution in [0.1, 0.15) is 67.2 Å². The van der Waals surface area contributed by atoms with Crippen LogP contribution in [0, 0.1) is 11.3 Å². The van der Waals surface area contributed by atoms with Gasteiger partial charge in [0.25, 0.3) is 0 Å². The second-order valence-corrected chi connectivity index (χ2v) is 8.40. The molecule has 2 unspecified atom stereocenters. The zero-order valence-electron chi connectivity index (χ0n) is 17.0. The van der Waals surface area contributed by atoms with E-state index in [1.165, 1.54) is 11.1 Å². The van der Waals surface area contributed by atoms with Gasteiger partial charge in [0.15, 0.2) is 5.78 Å². The summed E-state index contributed by atoms with van der Waals surface area (Å²) in [7, 11) is 0. The molecule has 2 nitrogen and oxygen atoms in total. The highest BCUT2D eigenvalue weighted by Gasteiger charge is 2.31. The van der Waals surface area contributed by atoms with Crippen LogP contribution in [0.5, 0.6) is 0 Å². The monoisotopic (exact) mass is 344 g/mol. The lowest BCUT2D eigenvalue weighted by Crippen LogP contribution is -2.29. The molecule has 0 spiro atoms. The van der Waals surface area contributed by atoms with Crippen molar-refractivity contribution >= 4 is 5.78 Å². The number of ketones is 1. The lowest BCUT2D eigenvalue weighted by molar-refractivity contribution is -0.123. The molecule has 0 N–H and O–H groups in total. The Morgan fingerprint density at radius 1 is 1.44 bits per heavy atom. The van der Waals surface area contributed by atoms with Gasteiger partial charge in [-0.05, 0) is 64.9 Å². The fraction of sp³-hybridized carbons (Fsp3) is 0.609. The van der Waals surface area contributed by atoms with Crippen molar-refractivity contribution in [2.45, 2.75) is 72.8 Å². The third-order valence-corrected chi connectivity index (χ3v) is 5.23. The molecule has 0 heterocycles. The predicted molar refractivity (Wildman–Crippen MR) is 108 cm³/mol. The highest BCUT2D eigenvalue weighted by Crippen LogP contribution is 2.41. The molecule has 0 aromatic rings. The molecular weight excluding hydrogens is 308 g/mol. The molecule has 0 aromatic carbocycles. The molecule has 0 saturated heterocycles. The van der Waals surface area contributed by atoms with Crippen molar-refractivity contribution in [1.29, 1.82) is 0 Å². The van der Waals surface area contributed by atoms with Gasteiger partial charge in [0.05, 0.1) is 5.60 Å². The third-order valence-electron chi connectivity index (χ3n) is 5.23. The summed E-state index contributed by atoms with van der Waals surface area (Å²) in [5.41, 5.74) is 2.40. The number of ether oxygens (including phenoxy) is 1. The van der Waals surface area contributed by atoms with Crippen LogP contribution in [0.2, 0.25) is 0 Å². The smallest absolute Gasteiger partial charge is 0.181 e. The lowest BCUT2D eigenvalue weighted by atomic mass is 9.68. The van der Waals surface area contributed by atoms with E-state index in [1.807, 2.05) is 6.92 Å². The van der Waals surface area contributed by atoms with Crippen LogP contribution in [-0.2, 0) is 9.53 Å². The van der Waals surface area contributed by atoms with E-state index in [0.29, 0.717) is 5.92 Å². The molecule has 2 atom stereocenters. The maximum absolute atomic E-state index is 12.3. The number of allylic oxidation sites excluding steroid dienone is 5. The summed E-state index contributed by atoms with van der Waals surface area (Å²) in [5, 5.41) is 0. The number of carbonyl (C=O) groups excluding carboxylic acids is 1. The van der Waals surface area contributed by atoms with Gasteiger partial charge >= 0.3 is 0 Å². The number of carbonyl (C=O) groups is 1. The highest BCUT2D eigenvalue weighted by molar-refractivity contribution is 5.90. The molecule has 140 valence electrons. The number of rotatable bonds is 9. The fourth-order valence-electron chi connectivity index (χ4n) is 3.35. The molecule has 0 radical (unpaired) electrons. The van der Waals surface area contributed by atoms with E-state index in [1.54, 1.807) is 12.2 Å². The van der Waals surface area contributed by atoms with Crippen molar-refractivity contribution in [3.63, 3.8) is 0 Å². The van der Waals surface area contributed by atoms with Gasteiger partial charge in [-0.3, -0.25) is 4.79 Å². The van der Waals surface area contributed by atoms with E-state index < -0.39 is 5.60 Å². The van der Waals surface area contributed by atoms with Gasteiger partial charge in [0.1, 0.15) is 6.61 Å². The molecule has 1 aliphatic rings. The second kappa shape index (κ2) is 9.33. The Morgan fingerprint density at radius 3 is 2.68 bits per heavy atom. The Morgan fingerprint density at radius 2 is 2.12 bits per heavy atom. The molecule has 0 saturated carbocycles. The fourth-order valence-corrected chi connectivity index (χ4v) is 3.35. The van der Waals surface area contributed by atoms with Crippen molar-refractivity contribution in [3.8, 4) is 0 Å². The zero-order valence-corrected chi connectivity index (χ0v) is 17.0. The van der Waals surface area contributed by atoms with Gasteiger partial charge in [-0.15, -0.1) is 6.58 Å². The minimum Gasteiger partial charge on any atom is -0.363 e. The molecular formula is C23H36O2. The van der Waals surface area contributed by atoms with Crippen LogP contribution in [0.15, 0.2) is 48.1 Å². The number of hydrogen-bond donors (Lipinski definition) is 0. The van der Waals surface area contributed by atoms with E-state index in [9.17, 15) is 4.79 Å². The van der Waals surface area contributed by atoms with Gasteiger partial charge in [-0.2, -0.15) is 0 Å². The largest absolute Gasteiger partial charge is 0.363 e. The standard InChI is InChI=1S/C23H36O2/c1-8-23(7,16-9-11-18(2)3)25-17-20(24)13-14-21-19(4)12-10-15-22(21,5)6/h8,11-14,21H,1,9-10,15-17H2,2-7H3/b14-13+. The predicted octanol–water partition coefficient (Wildman–Crippen LogP) is 6.20. The van der Waals surface area contributed by atoms with Gasteiger partial charge in [0.2, 0.25) is 0 Å². The Hall–Kier alpha value is -1.41. The summed E-state index contributed by atoms with van der Waals surface area (Å²) in [6, 6.07) is 0. The number of hydrogen-bond acceptors (Lipinski definition) is 2. The first-order valence-corrected chi connectivity index (χ1v) is 9.38. The van der Waals surface area contributed by atoms with Gasteiger partial charge in [-0.1, -0.05) is 49.3 Å². The topological polar surface area (TPSA) is 26.3 Å². The van der Waals surface area contributed by atoms with E-state index >= 15 is 0 Å². The zero-order chi connectivity index (χ0) is 19.1. The molecule has 2 heteroatoms. The summed E-state index contributed by atoms with van der Waals surface area (Å²) < 4.78 is 5.88. The maximum Gasteiger partial charge on any atom is 0.181 e. The molecule has 0 aromatic heterocycles. The van der Waals surface area contributed by atoms with E-state index in [2.05, 4.69) is 59.4 Å². The third kappa shape index (κ3) is 7.15. The quantitative estimate of drug-likeness (QED) is 0.367. The molecule has 0 amide bonds. The Balaban J connectivity index is 2.60. The summed E-state index contributed by atoms with van der Waals surface area (Å²) >= 11 is 0. The van der Waals surface area contributed by atoms with Crippen LogP contribution in [-0.4, -0.2) is 18.0 Å². The van der Waals surface area contributed by atoms with Gasteiger partial charge < -0.3 is 4.74 Å². The van der Waals surface area contributed by atoms with E-state index in [0.717, 1.165) is 25.7 Å². The van der Waals surface area contributed by atoms with Gasteiger partial charge in [0, 0.05) is 5.92 Å². The first-order chi connectivity index (χ1) is 11.6. The molecule has 25 heavy (non-hydrogen) atoms. The summed E-state index contributed by atoms with van der Waals surface area (Å²) in [6.07, 6.45) is 14.1. The summed E-state index contributed by atoms with van der Waals surface area (Å²) in [4.78, 5) is 12.3. The normalized spacial score (nSPS) is 22.2. The van der Waals surface area contributed by atoms with Crippen LogP contribution in [0.25, 0.3) is 0 Å². The van der Waals surface area contributed by atoms with E-state index in [4.69, 9.17) is 4.74 Å². The van der Waals surface area contributed by atoms with Crippen molar-refractivity contribution in [2.24, 2.45) is 11.3 Å². The maximum atomic E-state index is 12.3. The SMILES string of the molecule is C=CC(C)(CCC=C(C)C)OCC(=O)/C=C/C1C(C)=CCCC1(C)C. The Kier molecular flexibility index (Phi) is 8.08. The average Bonchev–Trinajstić information content (AvgIpc) is 2.51. The van der Waals surface area contributed by atoms with Crippen LogP contribution < -0.4 is 0 Å². The van der Waals surface area contributed by atoms with Crippen molar-refractivity contribution in [3.05, 3.63) is 48.1 Å². The minimum atomic E-state index is -0.463. The molecule has 0 fully saturated rings. The van der Waals surface area contributed by atoms with Crippen molar-refractivity contribution in [1.82, 2.24) is 0 Å². The van der Waals surface area contributed by atoms with Crippen LogP contribution in [0.4, 0.5) is 0 Å². The minimum absolute atomic E-state index is 0.0180. The van der Waals surface area contributed by atoms with Crippen molar-refractivity contribution < 1.29 is 9.53 Å². The Labute approximate surface area is 154 Å². The first kappa shape index (κ1) is 21.6. The molecule has 0 bridgehead atoms.